The minimum Gasteiger partial charge on any atom is -0.366 e. The van der Waals surface area contributed by atoms with E-state index in [1.807, 2.05) is 24.3 Å². The van der Waals surface area contributed by atoms with Crippen molar-refractivity contribution in [2.45, 2.75) is 6.23 Å². The zero-order chi connectivity index (χ0) is 6.97. The summed E-state index contributed by atoms with van der Waals surface area (Å²) < 4.78 is 0. The van der Waals surface area contributed by atoms with E-state index < -0.39 is 6.23 Å². The van der Waals surface area contributed by atoms with Crippen LogP contribution in [0, 0.1) is 0 Å². The van der Waals surface area contributed by atoms with Crippen molar-refractivity contribution in [3.05, 3.63) is 29.8 Å². The van der Waals surface area contributed by atoms with Crippen molar-refractivity contribution in [2.75, 3.05) is 0 Å². The van der Waals surface area contributed by atoms with Gasteiger partial charge in [-0.15, -0.1) is 0 Å². The minimum absolute atomic E-state index is 0.740. The highest BCUT2D eigenvalue weighted by Gasteiger charge is 2.15. The molecule has 0 aliphatic carbocycles. The van der Waals surface area contributed by atoms with Crippen LogP contribution < -0.4 is 0 Å². The smallest absolute Gasteiger partial charge is 0.194 e. The molecular weight excluding hydrogens is 128 g/mol. The first kappa shape index (κ1) is 5.56. The van der Waals surface area contributed by atoms with E-state index in [9.17, 15) is 0 Å². The fraction of sp³-hybridized carbons (Fsp3) is 0.143. The predicted molar refractivity (Wildman–Crippen MR) is 35.9 cm³/mol. The molecule has 0 saturated heterocycles. The summed E-state index contributed by atoms with van der Waals surface area (Å²) >= 11 is 0. The normalized spacial score (nSPS) is 21.1. The molecule has 1 aliphatic heterocycles. The molecule has 0 fully saturated rings. The Labute approximate surface area is 58.0 Å². The zero-order valence-electron chi connectivity index (χ0n) is 5.23. The van der Waals surface area contributed by atoms with Crippen molar-refractivity contribution in [2.24, 2.45) is 10.2 Å². The maximum Gasteiger partial charge on any atom is 0.194 e. The van der Waals surface area contributed by atoms with E-state index in [2.05, 4.69) is 10.2 Å². The summed E-state index contributed by atoms with van der Waals surface area (Å²) in [4.78, 5) is 0. The van der Waals surface area contributed by atoms with Gasteiger partial charge in [-0.3, -0.25) is 0 Å². The van der Waals surface area contributed by atoms with Gasteiger partial charge in [-0.2, -0.15) is 10.2 Å². The molecule has 1 atom stereocenters. The Morgan fingerprint density at radius 3 is 2.90 bits per heavy atom. The zero-order valence-corrected chi connectivity index (χ0v) is 5.23. The highest BCUT2D eigenvalue weighted by atomic mass is 16.3. The number of hydrogen-bond donors (Lipinski definition) is 1. The van der Waals surface area contributed by atoms with E-state index >= 15 is 0 Å². The number of aliphatic hydroxyl groups excluding tert-OH is 1. The second kappa shape index (κ2) is 1.88. The standard InChI is InChI=1S/C7H6N2O/c10-7-5-3-1-2-4-6(5)8-9-7/h1-4,7,10H. The van der Waals surface area contributed by atoms with Gasteiger partial charge in [-0.05, 0) is 6.07 Å². The number of azo groups is 1. The van der Waals surface area contributed by atoms with Crippen molar-refractivity contribution in [3.8, 4) is 0 Å². The van der Waals surface area contributed by atoms with Gasteiger partial charge in [0, 0.05) is 5.56 Å². The molecule has 0 bridgehead atoms. The van der Waals surface area contributed by atoms with Crippen LogP contribution in [0.3, 0.4) is 0 Å². The summed E-state index contributed by atoms with van der Waals surface area (Å²) in [6.45, 7) is 0. The van der Waals surface area contributed by atoms with Crippen LogP contribution in [-0.2, 0) is 0 Å². The van der Waals surface area contributed by atoms with Crippen LogP contribution in [-0.4, -0.2) is 5.11 Å². The molecule has 2 rings (SSSR count). The van der Waals surface area contributed by atoms with Crippen LogP contribution in [0.25, 0.3) is 0 Å². The third-order valence-corrected chi connectivity index (χ3v) is 1.49. The Morgan fingerprint density at radius 2 is 2.10 bits per heavy atom. The molecule has 1 aromatic carbocycles. The summed E-state index contributed by atoms with van der Waals surface area (Å²) in [5.74, 6) is 0. The van der Waals surface area contributed by atoms with Crippen LogP contribution >= 0.6 is 0 Å². The van der Waals surface area contributed by atoms with Crippen LogP contribution in [0.1, 0.15) is 11.8 Å². The molecule has 1 N–H and O–H groups in total. The summed E-state index contributed by atoms with van der Waals surface area (Å²) in [5.41, 5.74) is 1.57. The van der Waals surface area contributed by atoms with Crippen molar-refractivity contribution >= 4 is 5.69 Å². The van der Waals surface area contributed by atoms with Gasteiger partial charge in [0.2, 0.25) is 0 Å². The van der Waals surface area contributed by atoms with Crippen molar-refractivity contribution in [1.29, 1.82) is 0 Å². The molecule has 1 aliphatic rings. The number of aliphatic hydroxyl groups is 1. The Hall–Kier alpha value is -1.22. The first-order chi connectivity index (χ1) is 4.88. The quantitative estimate of drug-likeness (QED) is 0.577. The van der Waals surface area contributed by atoms with E-state index in [0.29, 0.717) is 0 Å². The number of hydrogen-bond acceptors (Lipinski definition) is 3. The molecule has 1 unspecified atom stereocenters. The summed E-state index contributed by atoms with van der Waals surface area (Å²) in [6.07, 6.45) is -0.740. The van der Waals surface area contributed by atoms with Gasteiger partial charge in [0.15, 0.2) is 6.23 Å². The van der Waals surface area contributed by atoms with Gasteiger partial charge in [-0.1, -0.05) is 18.2 Å². The highest BCUT2D eigenvalue weighted by Crippen LogP contribution is 2.32. The summed E-state index contributed by atoms with van der Waals surface area (Å²) in [6, 6.07) is 7.38. The lowest BCUT2D eigenvalue weighted by molar-refractivity contribution is 0.188. The topological polar surface area (TPSA) is 45.0 Å². The summed E-state index contributed by atoms with van der Waals surface area (Å²) in [7, 11) is 0. The lowest BCUT2D eigenvalue weighted by Crippen LogP contribution is -1.85. The fourth-order valence-corrected chi connectivity index (χ4v) is 0.976. The highest BCUT2D eigenvalue weighted by molar-refractivity contribution is 5.48. The van der Waals surface area contributed by atoms with Crippen molar-refractivity contribution in [3.63, 3.8) is 0 Å². The third kappa shape index (κ3) is 0.642. The minimum atomic E-state index is -0.740. The molecular formula is C7H6N2O. The van der Waals surface area contributed by atoms with Gasteiger partial charge in [-0.25, -0.2) is 0 Å². The van der Waals surface area contributed by atoms with E-state index in [1.165, 1.54) is 0 Å². The largest absolute Gasteiger partial charge is 0.366 e. The monoisotopic (exact) mass is 134 g/mol. The molecule has 50 valence electrons. The fourth-order valence-electron chi connectivity index (χ4n) is 0.976. The average molecular weight is 134 g/mol. The van der Waals surface area contributed by atoms with Gasteiger partial charge < -0.3 is 5.11 Å². The predicted octanol–water partition coefficient (Wildman–Crippen LogP) is 1.77. The Bertz CT molecular complexity index is 283. The van der Waals surface area contributed by atoms with Crippen LogP contribution in [0.5, 0.6) is 0 Å². The van der Waals surface area contributed by atoms with Gasteiger partial charge >= 0.3 is 0 Å². The Kier molecular flexibility index (Phi) is 1.05. The lowest BCUT2D eigenvalue weighted by Gasteiger charge is -1.96. The van der Waals surface area contributed by atoms with Crippen molar-refractivity contribution in [1.82, 2.24) is 0 Å². The Balaban J connectivity index is 2.59. The molecule has 1 aromatic rings. The molecule has 0 spiro atoms. The molecule has 3 heteroatoms. The van der Waals surface area contributed by atoms with Gasteiger partial charge in [0.05, 0.1) is 5.69 Å². The second-order valence-electron chi connectivity index (χ2n) is 2.15. The van der Waals surface area contributed by atoms with Crippen molar-refractivity contribution < 1.29 is 5.11 Å². The molecule has 0 saturated carbocycles. The first-order valence-corrected chi connectivity index (χ1v) is 3.06. The van der Waals surface area contributed by atoms with Crippen LogP contribution in [0.2, 0.25) is 0 Å². The lowest BCUT2D eigenvalue weighted by atomic mass is 10.2. The molecule has 0 radical (unpaired) electrons. The average Bonchev–Trinajstić information content (AvgIpc) is 2.34. The van der Waals surface area contributed by atoms with E-state index in [4.69, 9.17) is 5.11 Å². The second-order valence-corrected chi connectivity index (χ2v) is 2.15. The maximum absolute atomic E-state index is 9.12. The number of rotatable bonds is 0. The van der Waals surface area contributed by atoms with E-state index in [-0.39, 0.29) is 0 Å². The number of benzene rings is 1. The number of fused-ring (bicyclic) bond motifs is 1. The van der Waals surface area contributed by atoms with Crippen LogP contribution in [0.4, 0.5) is 5.69 Å². The van der Waals surface area contributed by atoms with E-state index in [1.54, 1.807) is 0 Å². The third-order valence-electron chi connectivity index (χ3n) is 1.49. The Morgan fingerprint density at radius 1 is 1.30 bits per heavy atom. The first-order valence-electron chi connectivity index (χ1n) is 3.06. The molecule has 0 aromatic heterocycles. The molecule has 0 amide bonds. The molecule has 1 heterocycles. The molecule has 3 nitrogen and oxygen atoms in total. The SMILES string of the molecule is OC1N=Nc2ccccc21. The summed E-state index contributed by atoms with van der Waals surface area (Å²) in [5, 5.41) is 16.5. The number of nitrogens with zero attached hydrogens (tertiary/aromatic N) is 2. The van der Waals surface area contributed by atoms with Gasteiger partial charge in [0.25, 0.3) is 0 Å². The van der Waals surface area contributed by atoms with E-state index in [0.717, 1.165) is 11.3 Å². The maximum atomic E-state index is 9.12. The van der Waals surface area contributed by atoms with Gasteiger partial charge in [0.1, 0.15) is 0 Å². The molecule has 10 heavy (non-hydrogen) atoms. The van der Waals surface area contributed by atoms with Crippen LogP contribution in [0.15, 0.2) is 34.5 Å².